The fraction of sp³-hybridized carbons (Fsp3) is 0.200. The highest BCUT2D eigenvalue weighted by Gasteiger charge is 2.27. The van der Waals surface area contributed by atoms with E-state index >= 15 is 0 Å². The van der Waals surface area contributed by atoms with E-state index in [1.54, 1.807) is 0 Å². The van der Waals surface area contributed by atoms with Crippen LogP contribution in [0.5, 0.6) is 11.5 Å². The van der Waals surface area contributed by atoms with Crippen molar-refractivity contribution in [1.82, 2.24) is 0 Å². The largest absolute Gasteiger partial charge is 0.504 e. The Labute approximate surface area is 104 Å². The van der Waals surface area contributed by atoms with E-state index in [4.69, 9.17) is 10.2 Å². The van der Waals surface area contributed by atoms with Crippen molar-refractivity contribution in [2.24, 2.45) is 0 Å². The van der Waals surface area contributed by atoms with Crippen molar-refractivity contribution in [3.05, 3.63) is 21.9 Å². The topological polar surface area (TPSA) is 83.8 Å². The van der Waals surface area contributed by atoms with Gasteiger partial charge in [-0.15, -0.1) is 0 Å². The van der Waals surface area contributed by atoms with E-state index in [1.807, 2.05) is 0 Å². The van der Waals surface area contributed by atoms with Crippen LogP contribution in [0, 0.1) is 5.82 Å². The molecule has 1 aromatic rings. The number of carbonyl (C=O) groups excluding carboxylic acids is 2. The van der Waals surface area contributed by atoms with Crippen molar-refractivity contribution in [3.8, 4) is 11.5 Å². The molecule has 0 heterocycles. The molecule has 0 atom stereocenters. The molecule has 0 fully saturated rings. The van der Waals surface area contributed by atoms with Crippen LogP contribution in [0.3, 0.4) is 0 Å². The lowest BCUT2D eigenvalue weighted by Crippen LogP contribution is -2.19. The maximum absolute atomic E-state index is 13.5. The lowest BCUT2D eigenvalue weighted by Gasteiger charge is -2.07. The molecule has 0 bridgehead atoms. The normalized spacial score (nSPS) is 10.1. The highest BCUT2D eigenvalue weighted by atomic mass is 79.9. The molecule has 1 rings (SSSR count). The average Bonchev–Trinajstić information content (AvgIpc) is 2.26. The van der Waals surface area contributed by atoms with Gasteiger partial charge in [-0.25, -0.2) is 9.18 Å². The Kier molecular flexibility index (Phi) is 4.06. The number of ether oxygens (including phenoxy) is 1. The van der Waals surface area contributed by atoms with Crippen LogP contribution in [0.2, 0.25) is 0 Å². The summed E-state index contributed by atoms with van der Waals surface area (Å²) in [6, 6.07) is 0.908. The van der Waals surface area contributed by atoms with Crippen molar-refractivity contribution in [2.75, 3.05) is 6.61 Å². The van der Waals surface area contributed by atoms with E-state index in [2.05, 4.69) is 20.7 Å². The van der Waals surface area contributed by atoms with E-state index in [1.165, 1.54) is 6.92 Å². The number of esters is 1. The van der Waals surface area contributed by atoms with Crippen LogP contribution in [0.1, 0.15) is 17.3 Å². The maximum Gasteiger partial charge on any atom is 0.379 e. The summed E-state index contributed by atoms with van der Waals surface area (Å²) in [5, 5.41) is 18.2. The number of hydrogen-bond donors (Lipinski definition) is 2. The maximum atomic E-state index is 13.5. The standard InChI is InChI=1S/C10H8BrFO5/c1-2-17-10(16)9(15)6-4(11)3-5(13)8(14)7(6)12/h3,13-14H,2H2,1H3. The number of hydrogen-bond acceptors (Lipinski definition) is 5. The number of carbonyl (C=O) groups is 2. The van der Waals surface area contributed by atoms with Crippen molar-refractivity contribution < 1.29 is 28.9 Å². The van der Waals surface area contributed by atoms with Gasteiger partial charge >= 0.3 is 5.97 Å². The van der Waals surface area contributed by atoms with Crippen LogP contribution in [0.15, 0.2) is 10.5 Å². The van der Waals surface area contributed by atoms with Crippen LogP contribution < -0.4 is 0 Å². The molecule has 0 amide bonds. The molecule has 0 unspecified atom stereocenters. The zero-order chi connectivity index (χ0) is 13.2. The summed E-state index contributed by atoms with van der Waals surface area (Å²) in [5.41, 5.74) is -0.682. The third kappa shape index (κ3) is 2.55. The van der Waals surface area contributed by atoms with Gasteiger partial charge in [0.05, 0.1) is 12.2 Å². The fourth-order valence-corrected chi connectivity index (χ4v) is 1.67. The number of Topliss-reactive ketones (excluding diaryl/α,β-unsaturated/α-hetero) is 1. The molecule has 1 aromatic carbocycles. The first-order chi connectivity index (χ1) is 7.90. The first kappa shape index (κ1) is 13.4. The summed E-state index contributed by atoms with van der Waals surface area (Å²) in [4.78, 5) is 22.6. The second-order valence-corrected chi connectivity index (χ2v) is 3.82. The predicted octanol–water partition coefficient (Wildman–Crippen LogP) is 1.75. The van der Waals surface area contributed by atoms with Crippen LogP contribution in [0.4, 0.5) is 4.39 Å². The Bertz CT molecular complexity index is 486. The minimum atomic E-state index is -1.38. The van der Waals surface area contributed by atoms with Crippen LogP contribution in [0.25, 0.3) is 0 Å². The molecule has 0 saturated carbocycles. The lowest BCUT2D eigenvalue weighted by molar-refractivity contribution is -0.137. The highest BCUT2D eigenvalue weighted by molar-refractivity contribution is 9.10. The van der Waals surface area contributed by atoms with Crippen molar-refractivity contribution in [3.63, 3.8) is 0 Å². The minimum absolute atomic E-state index is 0.0339. The SMILES string of the molecule is CCOC(=O)C(=O)c1c(Br)cc(O)c(O)c1F. The quantitative estimate of drug-likeness (QED) is 0.385. The molecule has 5 nitrogen and oxygen atoms in total. The van der Waals surface area contributed by atoms with Crippen LogP contribution in [-0.2, 0) is 9.53 Å². The van der Waals surface area contributed by atoms with Gasteiger partial charge in [0, 0.05) is 4.47 Å². The van der Waals surface area contributed by atoms with E-state index in [0.29, 0.717) is 0 Å². The summed E-state index contributed by atoms with van der Waals surface area (Å²) < 4.78 is 17.8. The van der Waals surface area contributed by atoms with E-state index < -0.39 is 34.6 Å². The van der Waals surface area contributed by atoms with Gasteiger partial charge < -0.3 is 14.9 Å². The number of halogens is 2. The molecule has 7 heteroatoms. The highest BCUT2D eigenvalue weighted by Crippen LogP contribution is 2.35. The van der Waals surface area contributed by atoms with Gasteiger partial charge in [-0.1, -0.05) is 0 Å². The zero-order valence-electron chi connectivity index (χ0n) is 8.66. The van der Waals surface area contributed by atoms with Crippen molar-refractivity contribution in [1.29, 1.82) is 0 Å². The second-order valence-electron chi connectivity index (χ2n) is 2.96. The second kappa shape index (κ2) is 5.13. The minimum Gasteiger partial charge on any atom is -0.504 e. The number of rotatable bonds is 3. The van der Waals surface area contributed by atoms with E-state index in [-0.39, 0.29) is 11.1 Å². The van der Waals surface area contributed by atoms with Gasteiger partial charge in [-0.2, -0.15) is 0 Å². The first-order valence-corrected chi connectivity index (χ1v) is 5.30. The Morgan fingerprint density at radius 2 is 2.06 bits per heavy atom. The third-order valence-corrected chi connectivity index (χ3v) is 2.49. The molecular formula is C10H8BrFO5. The Hall–Kier alpha value is -1.63. The van der Waals surface area contributed by atoms with Crippen LogP contribution >= 0.6 is 15.9 Å². The summed E-state index contributed by atoms with van der Waals surface area (Å²) >= 11 is 2.81. The van der Waals surface area contributed by atoms with Gasteiger partial charge in [-0.3, -0.25) is 4.79 Å². The number of phenols is 2. The number of phenolic OH excluding ortho intramolecular Hbond substituents is 2. The summed E-state index contributed by atoms with van der Waals surface area (Å²) in [6.07, 6.45) is 0. The van der Waals surface area contributed by atoms with Crippen molar-refractivity contribution >= 4 is 27.7 Å². The first-order valence-electron chi connectivity index (χ1n) is 4.51. The summed E-state index contributed by atoms with van der Waals surface area (Å²) in [6.45, 7) is 1.46. The van der Waals surface area contributed by atoms with Crippen LogP contribution in [-0.4, -0.2) is 28.6 Å². The molecule has 0 spiro atoms. The fourth-order valence-electron chi connectivity index (χ4n) is 1.10. The molecule has 0 aliphatic rings. The average molecular weight is 307 g/mol. The predicted molar refractivity (Wildman–Crippen MR) is 58.4 cm³/mol. The molecule has 17 heavy (non-hydrogen) atoms. The molecule has 0 aromatic heterocycles. The molecule has 0 aliphatic heterocycles. The van der Waals surface area contributed by atoms with Gasteiger partial charge in [-0.05, 0) is 28.9 Å². The zero-order valence-corrected chi connectivity index (χ0v) is 10.2. The Balaban J connectivity index is 3.28. The molecule has 2 N–H and O–H groups in total. The van der Waals surface area contributed by atoms with Gasteiger partial charge in [0.15, 0.2) is 17.3 Å². The third-order valence-electron chi connectivity index (χ3n) is 1.86. The molecule has 0 aliphatic carbocycles. The smallest absolute Gasteiger partial charge is 0.379 e. The Morgan fingerprint density at radius 1 is 1.47 bits per heavy atom. The lowest BCUT2D eigenvalue weighted by atomic mass is 10.1. The van der Waals surface area contributed by atoms with E-state index in [9.17, 15) is 14.0 Å². The molecule has 0 saturated heterocycles. The number of ketones is 1. The number of aromatic hydroxyl groups is 2. The van der Waals surface area contributed by atoms with E-state index in [0.717, 1.165) is 6.07 Å². The van der Waals surface area contributed by atoms with Gasteiger partial charge in [0.25, 0.3) is 5.78 Å². The number of benzene rings is 1. The molecule has 0 radical (unpaired) electrons. The molecule has 92 valence electrons. The summed E-state index contributed by atoms with van der Waals surface area (Å²) in [7, 11) is 0. The van der Waals surface area contributed by atoms with Gasteiger partial charge in [0.2, 0.25) is 0 Å². The Morgan fingerprint density at radius 3 is 2.59 bits per heavy atom. The molecular weight excluding hydrogens is 299 g/mol. The monoisotopic (exact) mass is 306 g/mol. The summed E-state index contributed by atoms with van der Waals surface area (Å²) in [5.74, 6) is -5.70. The van der Waals surface area contributed by atoms with Gasteiger partial charge in [0.1, 0.15) is 0 Å². The van der Waals surface area contributed by atoms with Crippen molar-refractivity contribution in [2.45, 2.75) is 6.92 Å².